The highest BCUT2D eigenvalue weighted by atomic mass is 35.5. The van der Waals surface area contributed by atoms with Gasteiger partial charge in [-0.05, 0) is 61.7 Å². The van der Waals surface area contributed by atoms with E-state index in [1.165, 1.54) is 5.56 Å². The van der Waals surface area contributed by atoms with Crippen molar-refractivity contribution in [2.24, 2.45) is 4.99 Å². The number of halogens is 2. The Morgan fingerprint density at radius 3 is 2.48 bits per heavy atom. The highest BCUT2D eigenvalue weighted by molar-refractivity contribution is 6.32. The Labute approximate surface area is 181 Å². The molecule has 3 aromatic carbocycles. The average molecular weight is 428 g/mol. The fourth-order valence-electron chi connectivity index (χ4n) is 2.85. The van der Waals surface area contributed by atoms with E-state index in [9.17, 15) is 0 Å². The first-order valence-electron chi connectivity index (χ1n) is 9.42. The zero-order valence-corrected chi connectivity index (χ0v) is 18.2. The minimum absolute atomic E-state index is 0.301. The van der Waals surface area contributed by atoms with E-state index in [2.05, 4.69) is 24.9 Å². The lowest BCUT2D eigenvalue weighted by atomic mass is 10.1. The van der Waals surface area contributed by atoms with Gasteiger partial charge < -0.3 is 9.47 Å². The van der Waals surface area contributed by atoms with Crippen LogP contribution in [0.1, 0.15) is 29.2 Å². The lowest BCUT2D eigenvalue weighted by Gasteiger charge is -2.15. The van der Waals surface area contributed by atoms with Crippen molar-refractivity contribution in [1.29, 1.82) is 0 Å². The highest BCUT2D eigenvalue weighted by Gasteiger charge is 2.13. The third-order valence-electron chi connectivity index (χ3n) is 4.59. The quantitative estimate of drug-likeness (QED) is 0.369. The number of hydrogen-bond donors (Lipinski definition) is 0. The number of hydrogen-bond acceptors (Lipinski definition) is 3. The van der Waals surface area contributed by atoms with E-state index < -0.39 is 0 Å². The van der Waals surface area contributed by atoms with Crippen LogP contribution in [0.3, 0.4) is 0 Å². The van der Waals surface area contributed by atoms with Crippen LogP contribution in [-0.2, 0) is 6.61 Å². The zero-order valence-electron chi connectivity index (χ0n) is 16.7. The van der Waals surface area contributed by atoms with Crippen molar-refractivity contribution in [1.82, 2.24) is 0 Å². The summed E-state index contributed by atoms with van der Waals surface area (Å²) in [5.41, 5.74) is 5.01. The molecule has 0 amide bonds. The van der Waals surface area contributed by atoms with Crippen LogP contribution in [0.5, 0.6) is 11.5 Å². The molecule has 150 valence electrons. The predicted molar refractivity (Wildman–Crippen MR) is 122 cm³/mol. The highest BCUT2D eigenvalue weighted by Crippen LogP contribution is 2.37. The van der Waals surface area contributed by atoms with Gasteiger partial charge in [-0.1, -0.05) is 53.5 Å². The molecule has 3 nitrogen and oxygen atoms in total. The topological polar surface area (TPSA) is 30.8 Å². The Kier molecular flexibility index (Phi) is 7.18. The lowest BCUT2D eigenvalue weighted by Crippen LogP contribution is -2.02. The molecule has 0 aromatic heterocycles. The van der Waals surface area contributed by atoms with E-state index in [1.54, 1.807) is 6.21 Å². The van der Waals surface area contributed by atoms with Gasteiger partial charge in [0.05, 0.1) is 17.3 Å². The summed E-state index contributed by atoms with van der Waals surface area (Å²) in [7, 11) is 0. The van der Waals surface area contributed by atoms with Gasteiger partial charge in [-0.15, -0.1) is 0 Å². The SMILES string of the molecule is CCOc1cc(C=Nc2cccc(C)c2C)cc(Cl)c1OCc1ccccc1Cl. The average Bonchev–Trinajstić information content (AvgIpc) is 2.70. The molecule has 0 atom stereocenters. The summed E-state index contributed by atoms with van der Waals surface area (Å²) in [6, 6.07) is 17.3. The number of rotatable bonds is 7. The van der Waals surface area contributed by atoms with E-state index in [0.29, 0.717) is 34.8 Å². The first-order chi connectivity index (χ1) is 14.0. The molecule has 0 aliphatic rings. The second kappa shape index (κ2) is 9.82. The van der Waals surface area contributed by atoms with Crippen LogP contribution >= 0.6 is 23.2 Å². The van der Waals surface area contributed by atoms with Crippen LogP contribution < -0.4 is 9.47 Å². The fourth-order valence-corrected chi connectivity index (χ4v) is 3.31. The standard InChI is InChI=1S/C24H23Cl2NO2/c1-4-28-23-13-18(14-27-22-11-7-8-16(2)17(22)3)12-21(26)24(23)29-15-19-9-5-6-10-20(19)25/h5-14H,4,15H2,1-3H3. The van der Waals surface area contributed by atoms with E-state index >= 15 is 0 Å². The normalized spacial score (nSPS) is 11.1. The molecule has 0 unspecified atom stereocenters. The maximum Gasteiger partial charge on any atom is 0.180 e. The van der Waals surface area contributed by atoms with Gasteiger partial charge in [0.1, 0.15) is 6.61 Å². The molecule has 3 aromatic rings. The summed E-state index contributed by atoms with van der Waals surface area (Å²) in [4.78, 5) is 4.62. The van der Waals surface area contributed by atoms with Crippen molar-refractivity contribution in [2.75, 3.05) is 6.61 Å². The molecule has 3 rings (SSSR count). The van der Waals surface area contributed by atoms with Crippen molar-refractivity contribution in [3.05, 3.63) is 86.9 Å². The number of aryl methyl sites for hydroxylation is 1. The summed E-state index contributed by atoms with van der Waals surface area (Å²) in [5, 5.41) is 1.12. The Bertz CT molecular complexity index is 1030. The van der Waals surface area contributed by atoms with Gasteiger partial charge >= 0.3 is 0 Å². The molecule has 0 saturated heterocycles. The maximum absolute atomic E-state index is 6.51. The maximum atomic E-state index is 6.51. The summed E-state index contributed by atoms with van der Waals surface area (Å²) in [6.45, 7) is 6.85. The second-order valence-corrected chi connectivity index (χ2v) is 7.43. The van der Waals surface area contributed by atoms with Crippen molar-refractivity contribution < 1.29 is 9.47 Å². The van der Waals surface area contributed by atoms with Gasteiger partial charge in [0.2, 0.25) is 0 Å². The van der Waals surface area contributed by atoms with Crippen LogP contribution in [0.25, 0.3) is 0 Å². The molecule has 0 aliphatic carbocycles. The van der Waals surface area contributed by atoms with Crippen molar-refractivity contribution in [3.63, 3.8) is 0 Å². The fraction of sp³-hybridized carbons (Fsp3) is 0.208. The predicted octanol–water partition coefficient (Wildman–Crippen LogP) is 7.34. The molecule has 0 heterocycles. The Balaban J connectivity index is 1.87. The molecule has 0 radical (unpaired) electrons. The minimum atomic E-state index is 0.301. The van der Waals surface area contributed by atoms with Gasteiger partial charge in [0, 0.05) is 16.8 Å². The molecule has 5 heteroatoms. The van der Waals surface area contributed by atoms with Crippen LogP contribution in [0.4, 0.5) is 5.69 Å². The van der Waals surface area contributed by atoms with Crippen molar-refractivity contribution >= 4 is 35.1 Å². The molecular formula is C24H23Cl2NO2. The van der Waals surface area contributed by atoms with Gasteiger partial charge in [-0.25, -0.2) is 0 Å². The molecular weight excluding hydrogens is 405 g/mol. The Morgan fingerprint density at radius 2 is 1.72 bits per heavy atom. The zero-order chi connectivity index (χ0) is 20.8. The third kappa shape index (κ3) is 5.31. The van der Waals surface area contributed by atoms with E-state index in [-0.39, 0.29) is 0 Å². The number of benzene rings is 3. The lowest BCUT2D eigenvalue weighted by molar-refractivity contribution is 0.269. The van der Waals surface area contributed by atoms with E-state index in [0.717, 1.165) is 22.4 Å². The van der Waals surface area contributed by atoms with Crippen LogP contribution in [0.15, 0.2) is 59.6 Å². The number of aliphatic imine (C=N–C) groups is 1. The van der Waals surface area contributed by atoms with Crippen molar-refractivity contribution in [2.45, 2.75) is 27.4 Å². The van der Waals surface area contributed by atoms with Crippen LogP contribution in [0, 0.1) is 13.8 Å². The Hall–Kier alpha value is -2.49. The largest absolute Gasteiger partial charge is 0.490 e. The summed E-state index contributed by atoms with van der Waals surface area (Å²) < 4.78 is 11.7. The van der Waals surface area contributed by atoms with Gasteiger partial charge in [0.25, 0.3) is 0 Å². The molecule has 0 aliphatic heterocycles. The smallest absolute Gasteiger partial charge is 0.180 e. The van der Waals surface area contributed by atoms with Crippen molar-refractivity contribution in [3.8, 4) is 11.5 Å². The van der Waals surface area contributed by atoms with E-state index in [1.807, 2.05) is 55.5 Å². The van der Waals surface area contributed by atoms with Gasteiger partial charge in [-0.3, -0.25) is 4.99 Å². The van der Waals surface area contributed by atoms with E-state index in [4.69, 9.17) is 32.7 Å². The number of nitrogens with zero attached hydrogens (tertiary/aromatic N) is 1. The molecule has 0 saturated carbocycles. The Morgan fingerprint density at radius 1 is 0.931 bits per heavy atom. The first kappa shape index (κ1) is 21.2. The minimum Gasteiger partial charge on any atom is -0.490 e. The van der Waals surface area contributed by atoms with Gasteiger partial charge in [0.15, 0.2) is 11.5 Å². The molecule has 0 spiro atoms. The monoisotopic (exact) mass is 427 g/mol. The second-order valence-electron chi connectivity index (χ2n) is 6.62. The molecule has 0 N–H and O–H groups in total. The summed E-state index contributed by atoms with van der Waals surface area (Å²) >= 11 is 12.7. The van der Waals surface area contributed by atoms with Crippen LogP contribution in [0.2, 0.25) is 10.0 Å². The molecule has 29 heavy (non-hydrogen) atoms. The first-order valence-corrected chi connectivity index (χ1v) is 10.2. The summed E-state index contributed by atoms with van der Waals surface area (Å²) in [5.74, 6) is 1.08. The molecule has 0 bridgehead atoms. The van der Waals surface area contributed by atoms with Crippen LogP contribution in [-0.4, -0.2) is 12.8 Å². The summed E-state index contributed by atoms with van der Waals surface area (Å²) in [6.07, 6.45) is 1.79. The number of ether oxygens (including phenoxy) is 2. The van der Waals surface area contributed by atoms with Gasteiger partial charge in [-0.2, -0.15) is 0 Å². The third-order valence-corrected chi connectivity index (χ3v) is 5.24. The molecule has 0 fully saturated rings.